The van der Waals surface area contributed by atoms with Crippen LogP contribution in [0.15, 0.2) is 48.5 Å². The fraction of sp³-hybridized carbons (Fsp3) is 0.286. The summed E-state index contributed by atoms with van der Waals surface area (Å²) in [6.45, 7) is 11.6. The van der Waals surface area contributed by atoms with Crippen molar-refractivity contribution in [1.29, 1.82) is 5.26 Å². The Bertz CT molecular complexity index is 1240. The van der Waals surface area contributed by atoms with Crippen molar-refractivity contribution in [2.75, 3.05) is 6.61 Å². The van der Waals surface area contributed by atoms with Crippen molar-refractivity contribution in [1.82, 2.24) is 0 Å². The van der Waals surface area contributed by atoms with Gasteiger partial charge in [-0.2, -0.15) is 5.26 Å². The first-order valence-electron chi connectivity index (χ1n) is 10.7. The van der Waals surface area contributed by atoms with Gasteiger partial charge < -0.3 is 9.47 Å². The largest absolute Gasteiger partial charge is 0.481 e. The number of esters is 1. The lowest BCUT2D eigenvalue weighted by atomic mass is 10.1. The van der Waals surface area contributed by atoms with Crippen LogP contribution in [0.4, 0.5) is 0 Å². The van der Waals surface area contributed by atoms with Crippen LogP contribution in [0.5, 0.6) is 5.75 Å². The number of ether oxygens (including phenoxy) is 2. The molecule has 0 aliphatic carbocycles. The smallest absolute Gasteiger partial charge is 0.345 e. The van der Waals surface area contributed by atoms with Crippen molar-refractivity contribution in [3.05, 3.63) is 80.5 Å². The summed E-state index contributed by atoms with van der Waals surface area (Å²) in [7, 11) is -0.0115. The molecule has 2 aromatic carbocycles. The fourth-order valence-electron chi connectivity index (χ4n) is 3.57. The zero-order valence-electron chi connectivity index (χ0n) is 19.9. The molecule has 168 valence electrons. The minimum atomic E-state index is -0.973. The second-order valence-electron chi connectivity index (χ2n) is 8.46. The van der Waals surface area contributed by atoms with E-state index in [4.69, 9.17) is 14.7 Å². The maximum absolute atomic E-state index is 12.4. The van der Waals surface area contributed by atoms with E-state index in [1.165, 1.54) is 14.6 Å². The summed E-state index contributed by atoms with van der Waals surface area (Å²) in [5, 5.41) is 8.88. The molecule has 0 fully saturated rings. The third-order valence-corrected chi connectivity index (χ3v) is 7.36. The second-order valence-corrected chi connectivity index (χ2v) is 10.8. The molecule has 0 unspecified atom stereocenters. The molecule has 4 nitrogen and oxygen atoms in total. The lowest BCUT2D eigenvalue weighted by molar-refractivity contribution is -0.154. The lowest BCUT2D eigenvalue weighted by Gasteiger charge is -2.19. The third-order valence-electron chi connectivity index (χ3n) is 5.09. The summed E-state index contributed by atoms with van der Waals surface area (Å²) in [5.74, 6) is 6.19. The molecule has 0 bridgehead atoms. The minimum absolute atomic E-state index is 0.0115. The number of rotatable bonds is 5. The molecule has 5 heteroatoms. The van der Waals surface area contributed by atoms with E-state index >= 15 is 0 Å². The van der Waals surface area contributed by atoms with Crippen LogP contribution in [0, 0.1) is 50.9 Å². The Labute approximate surface area is 198 Å². The first kappa shape index (κ1) is 24.1. The quantitative estimate of drug-likeness (QED) is 0.256. The highest BCUT2D eigenvalue weighted by Crippen LogP contribution is 2.41. The van der Waals surface area contributed by atoms with Crippen LogP contribution in [0.25, 0.3) is 4.90 Å². The molecule has 3 aromatic rings. The Morgan fingerprint density at radius 3 is 2.03 bits per heavy atom. The topological polar surface area (TPSA) is 59.3 Å². The van der Waals surface area contributed by atoms with E-state index in [0.29, 0.717) is 11.3 Å². The number of aryl methyl sites for hydroxylation is 4. The van der Waals surface area contributed by atoms with Gasteiger partial charge in [-0.1, -0.05) is 11.8 Å². The van der Waals surface area contributed by atoms with E-state index in [-0.39, 0.29) is 17.1 Å². The molecule has 0 radical (unpaired) electrons. The van der Waals surface area contributed by atoms with E-state index in [0.717, 1.165) is 16.7 Å². The minimum Gasteiger partial charge on any atom is -0.481 e. The predicted molar refractivity (Wildman–Crippen MR) is 133 cm³/mol. The zero-order chi connectivity index (χ0) is 24.2. The Morgan fingerprint density at radius 1 is 0.939 bits per heavy atom. The molecule has 0 amide bonds. The molecule has 0 N–H and O–H groups in total. The van der Waals surface area contributed by atoms with Gasteiger partial charge >= 0.3 is 5.97 Å². The lowest BCUT2D eigenvalue weighted by Crippen LogP contribution is -2.29. The molecule has 0 aliphatic heterocycles. The van der Waals surface area contributed by atoms with Crippen LogP contribution in [0.2, 0.25) is 0 Å². The van der Waals surface area contributed by atoms with Gasteiger partial charge in [0.25, 0.3) is 0 Å². The molecule has 33 heavy (non-hydrogen) atoms. The Hall–Kier alpha value is -3.54. The first-order chi connectivity index (χ1) is 15.6. The average Bonchev–Trinajstić information content (AvgIpc) is 3.09. The summed E-state index contributed by atoms with van der Waals surface area (Å²) >= 11 is 0. The van der Waals surface area contributed by atoms with Crippen molar-refractivity contribution in [2.24, 2.45) is 0 Å². The highest BCUT2D eigenvalue weighted by atomic mass is 32.2. The van der Waals surface area contributed by atoms with Crippen LogP contribution in [-0.2, 0) is 9.53 Å². The van der Waals surface area contributed by atoms with Gasteiger partial charge in [0.2, 0.25) is 0 Å². The van der Waals surface area contributed by atoms with Gasteiger partial charge in [0.15, 0.2) is 26.9 Å². The van der Waals surface area contributed by atoms with Gasteiger partial charge in [-0.3, -0.25) is 0 Å². The molecule has 0 saturated carbocycles. The van der Waals surface area contributed by atoms with Gasteiger partial charge in [0.05, 0.1) is 11.6 Å². The van der Waals surface area contributed by atoms with Crippen molar-refractivity contribution >= 4 is 16.4 Å². The zero-order valence-corrected chi connectivity index (χ0v) is 20.7. The predicted octanol–water partition coefficient (Wildman–Crippen LogP) is 6.28. The van der Waals surface area contributed by atoms with Crippen molar-refractivity contribution in [3.63, 3.8) is 0 Å². The number of nitriles is 1. The number of hydrogen-bond donors (Lipinski definition) is 0. The standard InChI is InChI=1S/C28H28NO3S/c1-19-15-25(33-21(3)7-8-22(33)4)16-20(2)27(19)31-18-26(30)32-28(5,6)14-13-23-9-11-24(17-29)12-10-23/h7-12,15-16H,18H2,1-6H3/q+1. The fourth-order valence-corrected chi connectivity index (χ4v) is 5.82. The van der Waals surface area contributed by atoms with Gasteiger partial charge in [0, 0.05) is 42.0 Å². The van der Waals surface area contributed by atoms with Crippen LogP contribution < -0.4 is 4.74 Å². The average molecular weight is 459 g/mol. The van der Waals surface area contributed by atoms with E-state index in [1.807, 2.05) is 13.8 Å². The molecule has 1 aromatic heterocycles. The molecule has 3 rings (SSSR count). The monoisotopic (exact) mass is 458 g/mol. The van der Waals surface area contributed by atoms with Crippen molar-refractivity contribution in [3.8, 4) is 28.6 Å². The maximum atomic E-state index is 12.4. The van der Waals surface area contributed by atoms with Gasteiger partial charge in [-0.15, -0.1) is 0 Å². The number of nitrogens with zero attached hydrogens (tertiary/aromatic N) is 1. The highest BCUT2D eigenvalue weighted by Gasteiger charge is 2.23. The van der Waals surface area contributed by atoms with Crippen molar-refractivity contribution in [2.45, 2.75) is 47.1 Å². The SMILES string of the molecule is Cc1cc(-[s+]2c(C)ccc2C)cc(C)c1OCC(=O)OC(C)(C)C#Cc1ccc(C#N)cc1. The molecule has 0 saturated heterocycles. The molecule has 0 aliphatic rings. The Kier molecular flexibility index (Phi) is 7.26. The molecule has 1 heterocycles. The maximum Gasteiger partial charge on any atom is 0.345 e. The van der Waals surface area contributed by atoms with Crippen LogP contribution in [-0.4, -0.2) is 18.2 Å². The van der Waals surface area contributed by atoms with E-state index in [9.17, 15) is 4.79 Å². The Morgan fingerprint density at radius 2 is 1.48 bits per heavy atom. The first-order valence-corrected chi connectivity index (χ1v) is 11.9. The Balaban J connectivity index is 1.65. The number of carbonyl (C=O) groups excluding carboxylic acids is 1. The number of benzene rings is 2. The molecular formula is C28H28NO3S+. The van der Waals surface area contributed by atoms with Crippen LogP contribution in [0.1, 0.15) is 45.9 Å². The number of carbonyl (C=O) groups is 1. The molecule has 0 spiro atoms. The van der Waals surface area contributed by atoms with Crippen LogP contribution >= 0.6 is 10.5 Å². The summed E-state index contributed by atoms with van der Waals surface area (Å²) in [6.07, 6.45) is 0. The summed E-state index contributed by atoms with van der Waals surface area (Å²) in [6, 6.07) is 17.7. The van der Waals surface area contributed by atoms with E-state index in [1.54, 1.807) is 38.1 Å². The van der Waals surface area contributed by atoms with Crippen molar-refractivity contribution < 1.29 is 14.3 Å². The summed E-state index contributed by atoms with van der Waals surface area (Å²) in [5.41, 5.74) is 2.35. The van der Waals surface area contributed by atoms with E-state index in [2.05, 4.69) is 56.0 Å². The summed E-state index contributed by atoms with van der Waals surface area (Å²) < 4.78 is 11.4. The van der Waals surface area contributed by atoms with Gasteiger partial charge in [-0.05, 0) is 75.2 Å². The molecule has 0 atom stereocenters. The highest BCUT2D eigenvalue weighted by molar-refractivity contribution is 7.39. The second kappa shape index (κ2) is 9.94. The molecular weight excluding hydrogens is 430 g/mol. The van der Waals surface area contributed by atoms with Gasteiger partial charge in [-0.25, -0.2) is 4.79 Å². The number of hydrogen-bond acceptors (Lipinski definition) is 4. The van der Waals surface area contributed by atoms with Crippen LogP contribution in [0.3, 0.4) is 0 Å². The van der Waals surface area contributed by atoms with Gasteiger partial charge in [0.1, 0.15) is 5.75 Å². The number of thiophene rings is 1. The normalized spacial score (nSPS) is 10.7. The summed E-state index contributed by atoms with van der Waals surface area (Å²) in [4.78, 5) is 16.4. The third kappa shape index (κ3) is 6.04. The van der Waals surface area contributed by atoms with E-state index < -0.39 is 11.6 Å².